The van der Waals surface area contributed by atoms with Gasteiger partial charge in [-0.05, 0) is 49.6 Å². The quantitative estimate of drug-likeness (QED) is 0.426. The first-order valence-electron chi connectivity index (χ1n) is 11.0. The zero-order valence-electron chi connectivity index (χ0n) is 19.6. The molecule has 0 saturated heterocycles. The van der Waals surface area contributed by atoms with Gasteiger partial charge in [0.15, 0.2) is 0 Å². The van der Waals surface area contributed by atoms with Crippen LogP contribution in [-0.2, 0) is 21.9 Å². The van der Waals surface area contributed by atoms with Gasteiger partial charge in [0.25, 0.3) is 0 Å². The summed E-state index contributed by atoms with van der Waals surface area (Å²) >= 11 is 7.38. The van der Waals surface area contributed by atoms with Gasteiger partial charge in [-0.1, -0.05) is 43.6 Å². The Morgan fingerprint density at radius 1 is 1.18 bits per heavy atom. The zero-order chi connectivity index (χ0) is 24.4. The van der Waals surface area contributed by atoms with Crippen molar-refractivity contribution in [2.45, 2.75) is 58.0 Å². The third-order valence-electron chi connectivity index (χ3n) is 5.41. The highest BCUT2D eigenvalue weighted by atomic mass is 35.5. The van der Waals surface area contributed by atoms with Gasteiger partial charge < -0.3 is 15.0 Å². The Bertz CT molecular complexity index is 923. The molecule has 2 rings (SSSR count). The highest BCUT2D eigenvalue weighted by Crippen LogP contribution is 2.25. The number of nitrogens with zero attached hydrogens (tertiary/aromatic N) is 1. The third-order valence-corrected chi connectivity index (χ3v) is 6.71. The van der Waals surface area contributed by atoms with Crippen molar-refractivity contribution in [1.82, 2.24) is 10.2 Å². The van der Waals surface area contributed by atoms with Crippen molar-refractivity contribution in [2.24, 2.45) is 0 Å². The number of carbonyl (C=O) groups excluding carboxylic acids is 2. The second kappa shape index (κ2) is 13.5. The molecule has 0 aliphatic heterocycles. The van der Waals surface area contributed by atoms with Gasteiger partial charge in [-0.15, -0.1) is 11.8 Å². The van der Waals surface area contributed by atoms with Crippen LogP contribution in [0.5, 0.6) is 5.75 Å². The molecule has 5 nitrogen and oxygen atoms in total. The summed E-state index contributed by atoms with van der Waals surface area (Å²) in [5.74, 6) is 0.282. The lowest BCUT2D eigenvalue weighted by atomic mass is 10.1. The lowest BCUT2D eigenvalue weighted by Crippen LogP contribution is -2.51. The van der Waals surface area contributed by atoms with Crippen LogP contribution in [0.3, 0.4) is 0 Å². The number of hydrogen-bond donors (Lipinski definition) is 1. The van der Waals surface area contributed by atoms with E-state index in [1.165, 1.54) is 17.8 Å². The van der Waals surface area contributed by atoms with Crippen molar-refractivity contribution >= 4 is 35.2 Å². The Labute approximate surface area is 205 Å². The second-order valence-corrected chi connectivity index (χ2v) is 9.20. The maximum absolute atomic E-state index is 14.1. The summed E-state index contributed by atoms with van der Waals surface area (Å²) in [7, 11) is 1.58. The number of benzene rings is 2. The molecule has 0 aromatic heterocycles. The van der Waals surface area contributed by atoms with Crippen LogP contribution < -0.4 is 10.1 Å². The SMILES string of the molecule is CC[C@H](C)NC(=O)[C@H](CC)N(Cc1cccc(OC)c1)C(=O)CSCc1c(F)cccc1Cl. The van der Waals surface area contributed by atoms with Crippen molar-refractivity contribution in [1.29, 1.82) is 0 Å². The molecule has 0 radical (unpaired) electrons. The van der Waals surface area contributed by atoms with Gasteiger partial charge >= 0.3 is 0 Å². The zero-order valence-corrected chi connectivity index (χ0v) is 21.1. The molecule has 0 unspecified atom stereocenters. The summed E-state index contributed by atoms with van der Waals surface area (Å²) in [5.41, 5.74) is 1.23. The fourth-order valence-corrected chi connectivity index (χ4v) is 4.57. The molecule has 0 fully saturated rings. The minimum atomic E-state index is -0.615. The molecule has 0 aliphatic carbocycles. The third kappa shape index (κ3) is 7.93. The summed E-state index contributed by atoms with van der Waals surface area (Å²) in [6.07, 6.45) is 1.27. The van der Waals surface area contributed by atoms with Crippen molar-refractivity contribution in [3.05, 3.63) is 64.4 Å². The molecule has 0 heterocycles. The number of halogens is 2. The summed E-state index contributed by atoms with van der Waals surface area (Å²) in [6, 6.07) is 11.4. The molecule has 0 spiro atoms. The fraction of sp³-hybridized carbons (Fsp3) is 0.440. The number of carbonyl (C=O) groups is 2. The van der Waals surface area contributed by atoms with E-state index in [-0.39, 0.29) is 35.9 Å². The molecule has 8 heteroatoms. The highest BCUT2D eigenvalue weighted by molar-refractivity contribution is 7.99. The van der Waals surface area contributed by atoms with Crippen LogP contribution in [0.25, 0.3) is 0 Å². The summed E-state index contributed by atoms with van der Waals surface area (Å²) in [6.45, 7) is 6.09. The summed E-state index contributed by atoms with van der Waals surface area (Å²) in [4.78, 5) is 27.9. The maximum atomic E-state index is 14.1. The van der Waals surface area contributed by atoms with Gasteiger partial charge in [-0.3, -0.25) is 9.59 Å². The molecule has 180 valence electrons. The summed E-state index contributed by atoms with van der Waals surface area (Å²) in [5, 5.41) is 3.33. The van der Waals surface area contributed by atoms with Crippen molar-refractivity contribution in [2.75, 3.05) is 12.9 Å². The van der Waals surface area contributed by atoms with E-state index in [0.29, 0.717) is 22.8 Å². The maximum Gasteiger partial charge on any atom is 0.243 e. The molecule has 1 N–H and O–H groups in total. The molecule has 2 aromatic rings. The number of amides is 2. The number of thioether (sulfide) groups is 1. The molecular formula is C25H32ClFN2O3S. The van der Waals surface area contributed by atoms with Crippen LogP contribution in [0.1, 0.15) is 44.7 Å². The van der Waals surface area contributed by atoms with Crippen LogP contribution >= 0.6 is 23.4 Å². The predicted molar refractivity (Wildman–Crippen MR) is 133 cm³/mol. The van der Waals surface area contributed by atoms with Gasteiger partial charge in [-0.25, -0.2) is 4.39 Å². The molecule has 0 aliphatic rings. The van der Waals surface area contributed by atoms with E-state index < -0.39 is 11.9 Å². The lowest BCUT2D eigenvalue weighted by molar-refractivity contribution is -0.139. The van der Waals surface area contributed by atoms with Crippen LogP contribution in [-0.4, -0.2) is 41.7 Å². The normalized spacial score (nSPS) is 12.7. The van der Waals surface area contributed by atoms with E-state index in [1.807, 2.05) is 45.0 Å². The minimum Gasteiger partial charge on any atom is -0.497 e. The Morgan fingerprint density at radius 3 is 2.55 bits per heavy atom. The van der Waals surface area contributed by atoms with Crippen LogP contribution in [0.4, 0.5) is 4.39 Å². The number of nitrogens with one attached hydrogen (secondary N) is 1. The molecular weight excluding hydrogens is 463 g/mol. The van der Waals surface area contributed by atoms with Gasteiger partial charge in [0.2, 0.25) is 11.8 Å². The Balaban J connectivity index is 2.20. The second-order valence-electron chi connectivity index (χ2n) is 7.81. The number of methoxy groups -OCH3 is 1. The van der Waals surface area contributed by atoms with Gasteiger partial charge in [-0.2, -0.15) is 0 Å². The average molecular weight is 495 g/mol. The first-order valence-corrected chi connectivity index (χ1v) is 12.6. The molecule has 33 heavy (non-hydrogen) atoms. The van der Waals surface area contributed by atoms with Crippen molar-refractivity contribution in [3.8, 4) is 5.75 Å². The first-order chi connectivity index (χ1) is 15.8. The molecule has 0 saturated carbocycles. The van der Waals surface area contributed by atoms with Crippen molar-refractivity contribution in [3.63, 3.8) is 0 Å². The van der Waals surface area contributed by atoms with E-state index in [4.69, 9.17) is 16.3 Å². The standard InChI is InChI=1S/C25H32ClFN2O3S/c1-5-17(3)28-25(31)23(6-2)29(14-18-9-7-10-19(13-18)32-4)24(30)16-33-15-20-21(26)11-8-12-22(20)27/h7-13,17,23H,5-6,14-16H2,1-4H3,(H,28,31)/t17-,23-/m0/s1. The minimum absolute atomic E-state index is 0.0119. The smallest absolute Gasteiger partial charge is 0.243 e. The molecule has 2 aromatic carbocycles. The average Bonchev–Trinajstić information content (AvgIpc) is 2.80. The summed E-state index contributed by atoms with van der Waals surface area (Å²) < 4.78 is 19.4. The predicted octanol–water partition coefficient (Wildman–Crippen LogP) is 5.44. The number of ether oxygens (including phenoxy) is 1. The van der Waals surface area contributed by atoms with Gasteiger partial charge in [0.05, 0.1) is 12.9 Å². The fourth-order valence-electron chi connectivity index (χ4n) is 3.32. The number of rotatable bonds is 12. The van der Waals surface area contributed by atoms with E-state index >= 15 is 0 Å². The highest BCUT2D eigenvalue weighted by Gasteiger charge is 2.29. The van der Waals surface area contributed by atoms with E-state index in [1.54, 1.807) is 24.1 Å². The Hall–Kier alpha value is -2.25. The number of hydrogen-bond acceptors (Lipinski definition) is 4. The molecule has 2 atom stereocenters. The lowest BCUT2D eigenvalue weighted by Gasteiger charge is -2.31. The van der Waals surface area contributed by atoms with E-state index in [2.05, 4.69) is 5.32 Å². The van der Waals surface area contributed by atoms with Crippen LogP contribution in [0.15, 0.2) is 42.5 Å². The topological polar surface area (TPSA) is 58.6 Å². The van der Waals surface area contributed by atoms with E-state index in [9.17, 15) is 14.0 Å². The monoisotopic (exact) mass is 494 g/mol. The Kier molecular flexibility index (Phi) is 11.0. The molecule has 2 amide bonds. The van der Waals surface area contributed by atoms with Crippen LogP contribution in [0, 0.1) is 5.82 Å². The van der Waals surface area contributed by atoms with Gasteiger partial charge in [0.1, 0.15) is 17.6 Å². The van der Waals surface area contributed by atoms with Gasteiger partial charge in [0, 0.05) is 28.9 Å². The Morgan fingerprint density at radius 2 is 1.91 bits per heavy atom. The molecule has 0 bridgehead atoms. The largest absolute Gasteiger partial charge is 0.497 e. The first kappa shape index (κ1) is 27.0. The van der Waals surface area contributed by atoms with Crippen molar-refractivity contribution < 1.29 is 18.7 Å². The van der Waals surface area contributed by atoms with Crippen LogP contribution in [0.2, 0.25) is 5.02 Å². The van der Waals surface area contributed by atoms with E-state index in [0.717, 1.165) is 12.0 Å².